The Balaban J connectivity index is 1.34. The summed E-state index contributed by atoms with van der Waals surface area (Å²) in [5, 5.41) is 10.7. The first-order valence-corrected chi connectivity index (χ1v) is 12.4. The van der Waals surface area contributed by atoms with Gasteiger partial charge < -0.3 is 5.11 Å². The summed E-state index contributed by atoms with van der Waals surface area (Å²) in [6.45, 7) is 0. The van der Waals surface area contributed by atoms with Gasteiger partial charge in [-0.3, -0.25) is 4.79 Å². The van der Waals surface area contributed by atoms with Gasteiger partial charge in [-0.25, -0.2) is 8.93 Å². The molecule has 1 aliphatic carbocycles. The third-order valence-corrected chi connectivity index (χ3v) is 7.76. The second-order valence-corrected chi connectivity index (χ2v) is 10.1. The van der Waals surface area contributed by atoms with E-state index in [1.54, 1.807) is 12.1 Å². The largest absolute Gasteiger partial charge is 0.480 e. The lowest BCUT2D eigenvalue weighted by Gasteiger charge is -2.15. The van der Waals surface area contributed by atoms with E-state index in [-0.39, 0.29) is 5.92 Å². The Labute approximate surface area is 205 Å². The van der Waals surface area contributed by atoms with Crippen molar-refractivity contribution in [2.45, 2.75) is 22.8 Å². The number of hydrogen-bond donors (Lipinski definition) is 2. The normalized spacial score (nSPS) is 20.0. The minimum Gasteiger partial charge on any atom is -0.480 e. The molecule has 34 heavy (non-hydrogen) atoms. The highest BCUT2D eigenvalue weighted by molar-refractivity contribution is 7.83. The Hall–Kier alpha value is -3.25. The van der Waals surface area contributed by atoms with Crippen molar-refractivity contribution in [2.75, 3.05) is 0 Å². The molecule has 3 unspecified atom stereocenters. The van der Waals surface area contributed by atoms with Gasteiger partial charge in [-0.05, 0) is 58.5 Å². The highest BCUT2D eigenvalue weighted by Gasteiger charge is 2.62. The van der Waals surface area contributed by atoms with Crippen LogP contribution in [-0.2, 0) is 15.8 Å². The molecule has 1 saturated carbocycles. The van der Waals surface area contributed by atoms with E-state index in [2.05, 4.69) is 4.72 Å². The number of carboxylic acids is 1. The molecular weight excluding hydrogens is 466 g/mol. The number of carboxylic acid groups (broad SMARTS) is 1. The van der Waals surface area contributed by atoms with Gasteiger partial charge >= 0.3 is 5.97 Å². The Kier molecular flexibility index (Phi) is 6.09. The predicted molar refractivity (Wildman–Crippen MR) is 136 cm³/mol. The molecule has 4 nitrogen and oxygen atoms in total. The second-order valence-electron chi connectivity index (χ2n) is 8.43. The van der Waals surface area contributed by atoms with Crippen LogP contribution in [0.5, 0.6) is 0 Å². The van der Waals surface area contributed by atoms with E-state index in [1.807, 2.05) is 91.0 Å². The van der Waals surface area contributed by atoms with E-state index >= 15 is 0 Å². The van der Waals surface area contributed by atoms with Crippen LogP contribution in [0.4, 0.5) is 0 Å². The number of carbonyl (C=O) groups is 1. The van der Waals surface area contributed by atoms with Gasteiger partial charge in [-0.1, -0.05) is 90.5 Å². The van der Waals surface area contributed by atoms with Gasteiger partial charge in [0.25, 0.3) is 0 Å². The van der Waals surface area contributed by atoms with Gasteiger partial charge in [0, 0.05) is 10.9 Å². The van der Waals surface area contributed by atoms with Crippen LogP contribution in [0.25, 0.3) is 22.3 Å². The summed E-state index contributed by atoms with van der Waals surface area (Å²) in [5.41, 5.74) is 3.73. The number of rotatable bonds is 7. The van der Waals surface area contributed by atoms with Crippen molar-refractivity contribution in [2.24, 2.45) is 0 Å². The lowest BCUT2D eigenvalue weighted by atomic mass is 9.99. The molecule has 170 valence electrons. The molecule has 0 heterocycles. The number of aliphatic carboxylic acids is 1. The smallest absolute Gasteiger partial charge is 0.325 e. The summed E-state index contributed by atoms with van der Waals surface area (Å²) in [4.78, 5) is 12.8. The van der Waals surface area contributed by atoms with Gasteiger partial charge in [-0.15, -0.1) is 0 Å². The van der Waals surface area contributed by atoms with E-state index in [0.717, 1.165) is 27.8 Å². The van der Waals surface area contributed by atoms with Crippen LogP contribution >= 0.6 is 11.6 Å². The van der Waals surface area contributed by atoms with E-state index in [1.165, 1.54) is 0 Å². The molecule has 1 aliphatic rings. The Morgan fingerprint density at radius 2 is 1.41 bits per heavy atom. The van der Waals surface area contributed by atoms with Crippen LogP contribution in [0.15, 0.2) is 108 Å². The van der Waals surface area contributed by atoms with Crippen LogP contribution in [0.1, 0.15) is 17.9 Å². The molecular formula is C28H22ClNO3S. The Morgan fingerprint density at radius 1 is 0.824 bits per heavy atom. The zero-order valence-corrected chi connectivity index (χ0v) is 19.7. The van der Waals surface area contributed by atoms with Crippen LogP contribution in [0, 0.1) is 0 Å². The molecule has 2 N–H and O–H groups in total. The van der Waals surface area contributed by atoms with E-state index < -0.39 is 22.5 Å². The molecule has 4 aromatic carbocycles. The van der Waals surface area contributed by atoms with Gasteiger partial charge in [0.05, 0.1) is 4.90 Å². The SMILES string of the molecule is O=C(O)C1(NS(=O)c2ccc(-c3ccc(Cl)cc3)cc2)CC1c1cccc(-c2ccccc2)c1. The third-order valence-electron chi connectivity index (χ3n) is 6.26. The Bertz CT molecular complexity index is 1360. The van der Waals surface area contributed by atoms with Crippen molar-refractivity contribution in [3.05, 3.63) is 114 Å². The average Bonchev–Trinajstić information content (AvgIpc) is 3.61. The van der Waals surface area contributed by atoms with Gasteiger partial charge in [-0.2, -0.15) is 0 Å². The summed E-state index contributed by atoms with van der Waals surface area (Å²) in [6.07, 6.45) is 0.384. The Morgan fingerprint density at radius 3 is 2.06 bits per heavy atom. The maximum atomic E-state index is 13.1. The molecule has 4 aromatic rings. The van der Waals surface area contributed by atoms with Gasteiger partial charge in [0.2, 0.25) is 0 Å². The fraction of sp³-hybridized carbons (Fsp3) is 0.107. The molecule has 3 atom stereocenters. The minimum atomic E-state index is -1.67. The zero-order valence-electron chi connectivity index (χ0n) is 18.1. The van der Waals surface area contributed by atoms with Crippen molar-refractivity contribution in [1.82, 2.24) is 4.72 Å². The topological polar surface area (TPSA) is 66.4 Å². The van der Waals surface area contributed by atoms with Crippen LogP contribution in [-0.4, -0.2) is 20.8 Å². The fourth-order valence-electron chi connectivity index (χ4n) is 4.26. The van der Waals surface area contributed by atoms with Crippen molar-refractivity contribution < 1.29 is 14.1 Å². The van der Waals surface area contributed by atoms with Crippen molar-refractivity contribution in [3.63, 3.8) is 0 Å². The number of nitrogens with one attached hydrogen (secondary N) is 1. The fourth-order valence-corrected chi connectivity index (χ4v) is 5.53. The molecule has 0 aliphatic heterocycles. The molecule has 0 saturated heterocycles. The van der Waals surface area contributed by atoms with Gasteiger partial charge in [0.1, 0.15) is 16.5 Å². The van der Waals surface area contributed by atoms with Gasteiger partial charge in [0.15, 0.2) is 0 Å². The summed E-state index contributed by atoms with van der Waals surface area (Å²) in [6, 6.07) is 32.6. The summed E-state index contributed by atoms with van der Waals surface area (Å²) >= 11 is 5.96. The van der Waals surface area contributed by atoms with Crippen molar-refractivity contribution >= 4 is 28.6 Å². The van der Waals surface area contributed by atoms with Crippen LogP contribution in [0.3, 0.4) is 0 Å². The first-order valence-electron chi connectivity index (χ1n) is 10.9. The van der Waals surface area contributed by atoms with Crippen molar-refractivity contribution in [1.29, 1.82) is 0 Å². The predicted octanol–water partition coefficient (Wildman–Crippen LogP) is 6.30. The molecule has 0 aromatic heterocycles. The highest BCUT2D eigenvalue weighted by atomic mass is 35.5. The minimum absolute atomic E-state index is 0.258. The molecule has 5 rings (SSSR count). The standard InChI is InChI=1S/C28H22ClNO3S/c29-24-13-9-20(10-14-24)21-11-15-25(16-12-21)34(33)30-28(27(31)32)18-26(28)23-8-4-7-22(17-23)19-5-2-1-3-6-19/h1-17,26,30H,18H2,(H,31,32). The molecule has 0 spiro atoms. The lowest BCUT2D eigenvalue weighted by Crippen LogP contribution is -2.41. The average molecular weight is 488 g/mol. The summed E-state index contributed by atoms with van der Waals surface area (Å²) in [5.74, 6) is -1.25. The zero-order chi connectivity index (χ0) is 23.7. The monoisotopic (exact) mass is 487 g/mol. The van der Waals surface area contributed by atoms with E-state index in [9.17, 15) is 14.1 Å². The first-order chi connectivity index (χ1) is 16.5. The lowest BCUT2D eigenvalue weighted by molar-refractivity contribution is -0.140. The van der Waals surface area contributed by atoms with Crippen LogP contribution in [0.2, 0.25) is 5.02 Å². The van der Waals surface area contributed by atoms with E-state index in [0.29, 0.717) is 16.3 Å². The highest BCUT2D eigenvalue weighted by Crippen LogP contribution is 2.52. The molecule has 1 fully saturated rings. The number of hydrogen-bond acceptors (Lipinski definition) is 2. The quantitative estimate of drug-likeness (QED) is 0.321. The first kappa shape index (κ1) is 22.5. The maximum Gasteiger partial charge on any atom is 0.325 e. The molecule has 0 amide bonds. The molecule has 0 radical (unpaired) electrons. The molecule has 6 heteroatoms. The number of benzene rings is 4. The van der Waals surface area contributed by atoms with E-state index in [4.69, 9.17) is 11.6 Å². The summed E-state index contributed by atoms with van der Waals surface area (Å²) < 4.78 is 16.0. The maximum absolute atomic E-state index is 13.1. The number of halogens is 1. The van der Waals surface area contributed by atoms with Crippen molar-refractivity contribution in [3.8, 4) is 22.3 Å². The second kappa shape index (κ2) is 9.18. The molecule has 0 bridgehead atoms. The third kappa shape index (κ3) is 4.42. The van der Waals surface area contributed by atoms with Crippen LogP contribution < -0.4 is 4.72 Å². The summed E-state index contributed by atoms with van der Waals surface area (Å²) in [7, 11) is -1.67.